The van der Waals surface area contributed by atoms with E-state index in [1.807, 2.05) is 35.9 Å². The van der Waals surface area contributed by atoms with Gasteiger partial charge in [-0.2, -0.15) is 5.10 Å². The summed E-state index contributed by atoms with van der Waals surface area (Å²) < 4.78 is 13.3. The number of hydrazine groups is 1. The van der Waals surface area contributed by atoms with Crippen molar-refractivity contribution >= 4 is 0 Å². The lowest BCUT2D eigenvalue weighted by Gasteiger charge is -2.25. The number of para-hydroxylation sites is 1. The lowest BCUT2D eigenvalue weighted by Crippen LogP contribution is -2.31. The molecule has 1 atom stereocenters. The molecule has 0 radical (unpaired) electrons. The maximum Gasteiger partial charge on any atom is 0.166 e. The fourth-order valence-corrected chi connectivity index (χ4v) is 2.51. The number of rotatable bonds is 4. The molecule has 1 aliphatic heterocycles. The summed E-state index contributed by atoms with van der Waals surface area (Å²) in [6.07, 6.45) is 1.77. The van der Waals surface area contributed by atoms with Gasteiger partial charge in [0.05, 0.1) is 11.7 Å². The van der Waals surface area contributed by atoms with Crippen molar-refractivity contribution in [3.8, 4) is 11.5 Å². The van der Waals surface area contributed by atoms with Crippen molar-refractivity contribution in [2.75, 3.05) is 13.2 Å². The van der Waals surface area contributed by atoms with Crippen molar-refractivity contribution in [1.29, 1.82) is 0 Å². The van der Waals surface area contributed by atoms with Crippen molar-refractivity contribution in [3.05, 3.63) is 41.7 Å². The van der Waals surface area contributed by atoms with Crippen LogP contribution < -0.4 is 20.7 Å². The zero-order chi connectivity index (χ0) is 13.9. The summed E-state index contributed by atoms with van der Waals surface area (Å²) in [7, 11) is 0. The second-order valence-corrected chi connectivity index (χ2v) is 4.54. The molecule has 0 fully saturated rings. The van der Waals surface area contributed by atoms with Gasteiger partial charge >= 0.3 is 0 Å². The lowest BCUT2D eigenvalue weighted by molar-refractivity contribution is 0.169. The van der Waals surface area contributed by atoms with Crippen molar-refractivity contribution in [2.45, 2.75) is 19.5 Å². The monoisotopic (exact) mass is 274 g/mol. The fraction of sp³-hybridized carbons (Fsp3) is 0.357. The predicted molar refractivity (Wildman–Crippen MR) is 74.5 cm³/mol. The molecule has 2 aromatic rings. The Bertz CT molecular complexity index is 597. The van der Waals surface area contributed by atoms with Gasteiger partial charge in [0.15, 0.2) is 11.5 Å². The Kier molecular flexibility index (Phi) is 3.58. The van der Waals surface area contributed by atoms with Crippen LogP contribution in [0.15, 0.2) is 30.5 Å². The van der Waals surface area contributed by atoms with Crippen LogP contribution in [0.25, 0.3) is 0 Å². The first-order valence-corrected chi connectivity index (χ1v) is 6.71. The van der Waals surface area contributed by atoms with Crippen LogP contribution in [-0.2, 0) is 6.54 Å². The lowest BCUT2D eigenvalue weighted by atomic mass is 10.0. The van der Waals surface area contributed by atoms with Crippen molar-refractivity contribution < 1.29 is 9.47 Å². The van der Waals surface area contributed by atoms with E-state index in [1.165, 1.54) is 0 Å². The van der Waals surface area contributed by atoms with Gasteiger partial charge in [0.2, 0.25) is 0 Å². The van der Waals surface area contributed by atoms with Crippen LogP contribution in [0.2, 0.25) is 0 Å². The summed E-state index contributed by atoms with van der Waals surface area (Å²) in [6, 6.07) is 7.61. The molecule has 6 heteroatoms. The maximum absolute atomic E-state index is 5.77. The first-order valence-electron chi connectivity index (χ1n) is 6.71. The number of hydrogen-bond donors (Lipinski definition) is 2. The van der Waals surface area contributed by atoms with Gasteiger partial charge < -0.3 is 9.47 Å². The highest BCUT2D eigenvalue weighted by molar-refractivity contribution is 5.50. The van der Waals surface area contributed by atoms with Gasteiger partial charge in [0.25, 0.3) is 0 Å². The minimum Gasteiger partial charge on any atom is -0.486 e. The summed E-state index contributed by atoms with van der Waals surface area (Å²) in [4.78, 5) is 0. The average molecular weight is 274 g/mol. The Morgan fingerprint density at radius 3 is 3.00 bits per heavy atom. The molecule has 2 heterocycles. The molecule has 106 valence electrons. The maximum atomic E-state index is 5.77. The minimum atomic E-state index is -0.186. The van der Waals surface area contributed by atoms with Crippen LogP contribution in [-0.4, -0.2) is 23.0 Å². The number of nitrogens with one attached hydrogen (secondary N) is 1. The summed E-state index contributed by atoms with van der Waals surface area (Å²) in [6.45, 7) is 3.95. The molecule has 0 amide bonds. The Balaban J connectivity index is 2.06. The Morgan fingerprint density at radius 2 is 2.20 bits per heavy atom. The largest absolute Gasteiger partial charge is 0.486 e. The van der Waals surface area contributed by atoms with E-state index in [9.17, 15) is 0 Å². The van der Waals surface area contributed by atoms with Crippen molar-refractivity contribution in [2.24, 2.45) is 5.84 Å². The van der Waals surface area contributed by atoms with E-state index >= 15 is 0 Å². The molecule has 1 aromatic carbocycles. The first kappa shape index (κ1) is 13.0. The Morgan fingerprint density at radius 1 is 1.35 bits per heavy atom. The summed E-state index contributed by atoms with van der Waals surface area (Å²) >= 11 is 0. The van der Waals surface area contributed by atoms with E-state index < -0.39 is 0 Å². The third-order valence-corrected chi connectivity index (χ3v) is 3.42. The molecule has 1 aromatic heterocycles. The molecule has 0 spiro atoms. The Labute approximate surface area is 117 Å². The SMILES string of the molecule is CCn1nccc1C(NN)c1cccc2c1OCCO2. The highest BCUT2D eigenvalue weighted by Crippen LogP contribution is 2.38. The third-order valence-electron chi connectivity index (χ3n) is 3.42. The van der Waals surface area contributed by atoms with E-state index in [1.54, 1.807) is 6.20 Å². The number of nitrogens with zero attached hydrogens (tertiary/aromatic N) is 2. The zero-order valence-corrected chi connectivity index (χ0v) is 11.4. The number of ether oxygens (including phenoxy) is 2. The van der Waals surface area contributed by atoms with Gasteiger partial charge in [0.1, 0.15) is 13.2 Å². The topological polar surface area (TPSA) is 74.3 Å². The summed E-state index contributed by atoms with van der Waals surface area (Å²) in [5.74, 6) is 7.28. The molecule has 1 aliphatic rings. The first-order chi connectivity index (χ1) is 9.85. The third kappa shape index (κ3) is 2.13. The molecule has 0 saturated carbocycles. The normalized spacial score (nSPS) is 15.1. The van der Waals surface area contributed by atoms with E-state index in [4.69, 9.17) is 15.3 Å². The molecule has 0 saturated heterocycles. The molecule has 3 N–H and O–H groups in total. The van der Waals surface area contributed by atoms with E-state index in [-0.39, 0.29) is 6.04 Å². The molecule has 1 unspecified atom stereocenters. The smallest absolute Gasteiger partial charge is 0.166 e. The highest BCUT2D eigenvalue weighted by Gasteiger charge is 2.24. The highest BCUT2D eigenvalue weighted by atomic mass is 16.6. The van der Waals surface area contributed by atoms with E-state index in [0.29, 0.717) is 13.2 Å². The van der Waals surface area contributed by atoms with Crippen molar-refractivity contribution in [1.82, 2.24) is 15.2 Å². The number of fused-ring (bicyclic) bond motifs is 1. The Hall–Kier alpha value is -2.05. The van der Waals surface area contributed by atoms with Crippen LogP contribution in [0.4, 0.5) is 0 Å². The molecular formula is C14H18N4O2. The van der Waals surface area contributed by atoms with Crippen LogP contribution in [0.5, 0.6) is 11.5 Å². The summed E-state index contributed by atoms with van der Waals surface area (Å²) in [5, 5.41) is 4.29. The van der Waals surface area contributed by atoms with Crippen LogP contribution >= 0.6 is 0 Å². The van der Waals surface area contributed by atoms with Gasteiger partial charge in [-0.1, -0.05) is 12.1 Å². The van der Waals surface area contributed by atoms with Gasteiger partial charge in [-0.25, -0.2) is 5.43 Å². The van der Waals surface area contributed by atoms with Crippen LogP contribution in [0.1, 0.15) is 24.2 Å². The van der Waals surface area contributed by atoms with Gasteiger partial charge in [-0.3, -0.25) is 10.5 Å². The zero-order valence-electron chi connectivity index (χ0n) is 11.4. The predicted octanol–water partition coefficient (Wildman–Crippen LogP) is 1.23. The summed E-state index contributed by atoms with van der Waals surface area (Å²) in [5.41, 5.74) is 4.81. The second-order valence-electron chi connectivity index (χ2n) is 4.54. The molecule has 0 bridgehead atoms. The second kappa shape index (κ2) is 5.52. The van der Waals surface area contributed by atoms with Gasteiger partial charge in [-0.15, -0.1) is 0 Å². The van der Waals surface area contributed by atoms with Crippen LogP contribution in [0.3, 0.4) is 0 Å². The number of aryl methyl sites for hydroxylation is 1. The van der Waals surface area contributed by atoms with Crippen molar-refractivity contribution in [3.63, 3.8) is 0 Å². The van der Waals surface area contributed by atoms with Gasteiger partial charge in [-0.05, 0) is 19.1 Å². The van der Waals surface area contributed by atoms with Crippen LogP contribution in [0, 0.1) is 0 Å². The fourth-order valence-electron chi connectivity index (χ4n) is 2.51. The van der Waals surface area contributed by atoms with E-state index in [2.05, 4.69) is 10.5 Å². The number of nitrogens with two attached hydrogens (primary N) is 1. The quantitative estimate of drug-likeness (QED) is 0.648. The minimum absolute atomic E-state index is 0.186. The average Bonchev–Trinajstić information content (AvgIpc) is 2.97. The molecule has 20 heavy (non-hydrogen) atoms. The van der Waals surface area contributed by atoms with Gasteiger partial charge in [0, 0.05) is 18.3 Å². The number of aromatic nitrogens is 2. The molecule has 0 aliphatic carbocycles. The molecular weight excluding hydrogens is 256 g/mol. The molecule has 3 rings (SSSR count). The standard InChI is InChI=1S/C14H18N4O2/c1-2-18-11(6-7-16-18)13(17-15)10-4-3-5-12-14(10)20-9-8-19-12/h3-7,13,17H,2,8-9,15H2,1H3. The molecule has 6 nitrogen and oxygen atoms in total. The number of benzene rings is 1. The number of hydrogen-bond acceptors (Lipinski definition) is 5. The van der Waals surface area contributed by atoms with E-state index in [0.717, 1.165) is 29.3 Å².